The maximum Gasteiger partial charge on any atom is 0.427 e. The van der Waals surface area contributed by atoms with Crippen molar-refractivity contribution in [1.29, 1.82) is 0 Å². The molecule has 0 aromatic heterocycles. The molecule has 0 spiro atoms. The molecule has 0 bridgehead atoms. The van der Waals surface area contributed by atoms with Gasteiger partial charge < -0.3 is 25.1 Å². The number of nitrogens with one attached hydrogen (secondary N) is 1. The van der Waals surface area contributed by atoms with Crippen LogP contribution in [-0.4, -0.2) is 36.7 Å². The molecule has 0 aliphatic heterocycles. The predicted molar refractivity (Wildman–Crippen MR) is 89.1 cm³/mol. The number of ketones is 1. The number of hydrogen-bond acceptors (Lipinski definition) is 5. The minimum absolute atomic E-state index is 0.105. The zero-order valence-electron chi connectivity index (χ0n) is 13.2. The fraction of sp³-hybridized carbons (Fsp3) is 0.312. The number of aromatic hydroxyl groups is 1. The lowest BCUT2D eigenvalue weighted by atomic mass is 9.87. The van der Waals surface area contributed by atoms with E-state index in [0.29, 0.717) is 12.8 Å². The highest BCUT2D eigenvalue weighted by Crippen LogP contribution is 2.37. The van der Waals surface area contributed by atoms with Crippen molar-refractivity contribution in [1.82, 2.24) is 5.09 Å². The molecule has 0 fully saturated rings. The van der Waals surface area contributed by atoms with Gasteiger partial charge in [0.05, 0.1) is 5.92 Å². The van der Waals surface area contributed by atoms with E-state index in [-0.39, 0.29) is 17.9 Å². The van der Waals surface area contributed by atoms with E-state index in [9.17, 15) is 24.7 Å². The molecule has 0 saturated carbocycles. The van der Waals surface area contributed by atoms with Crippen LogP contribution in [-0.2, 0) is 15.8 Å². The number of allylic oxidation sites excluding steroid dienone is 2. The third-order valence-corrected chi connectivity index (χ3v) is 4.33. The van der Waals surface area contributed by atoms with Gasteiger partial charge in [0.25, 0.3) is 0 Å². The normalized spacial score (nSPS) is 18.2. The molecule has 25 heavy (non-hydrogen) atoms. The van der Waals surface area contributed by atoms with Gasteiger partial charge in [0.15, 0.2) is 11.6 Å². The van der Waals surface area contributed by atoms with E-state index in [4.69, 9.17) is 9.79 Å². The van der Waals surface area contributed by atoms with Gasteiger partial charge in [-0.1, -0.05) is 18.2 Å². The molecular weight excluding hydrogens is 349 g/mol. The number of rotatable bonds is 7. The van der Waals surface area contributed by atoms with Crippen LogP contribution in [0, 0.1) is 5.92 Å². The first-order chi connectivity index (χ1) is 11.6. The molecule has 1 aliphatic rings. The molecule has 1 aromatic carbocycles. The van der Waals surface area contributed by atoms with Crippen molar-refractivity contribution >= 4 is 13.5 Å². The van der Waals surface area contributed by atoms with Crippen molar-refractivity contribution in [2.24, 2.45) is 5.92 Å². The maximum atomic E-state index is 11.4. The summed E-state index contributed by atoms with van der Waals surface area (Å²) in [6.45, 7) is 0. The number of aryl methyl sites for hydroxylation is 1. The number of carbonyl (C=O) groups excluding carboxylic acids is 1. The van der Waals surface area contributed by atoms with Crippen LogP contribution in [0.2, 0.25) is 0 Å². The number of benzene rings is 1. The lowest BCUT2D eigenvalue weighted by molar-refractivity contribution is -0.186. The Hall–Kier alpha value is -1.96. The highest BCUT2D eigenvalue weighted by atomic mass is 31.2. The molecule has 0 amide bonds. The van der Waals surface area contributed by atoms with Crippen LogP contribution in [0.3, 0.4) is 0 Å². The first-order valence-corrected chi connectivity index (χ1v) is 9.18. The Bertz CT molecular complexity index is 751. The summed E-state index contributed by atoms with van der Waals surface area (Å²) in [5, 5.41) is 31.9. The summed E-state index contributed by atoms with van der Waals surface area (Å²) in [6, 6.07) is 6.56. The topological polar surface area (TPSA) is 147 Å². The third kappa shape index (κ3) is 5.81. The first-order valence-electron chi connectivity index (χ1n) is 7.57. The summed E-state index contributed by atoms with van der Waals surface area (Å²) in [6.07, 6.45) is 3.96. The van der Waals surface area contributed by atoms with E-state index in [0.717, 1.165) is 17.7 Å². The van der Waals surface area contributed by atoms with Crippen molar-refractivity contribution < 1.29 is 34.5 Å². The van der Waals surface area contributed by atoms with Gasteiger partial charge in [-0.25, -0.2) is 4.57 Å². The van der Waals surface area contributed by atoms with Crippen molar-refractivity contribution in [2.75, 3.05) is 0 Å². The van der Waals surface area contributed by atoms with Gasteiger partial charge >= 0.3 is 7.75 Å². The minimum atomic E-state index is -4.70. The summed E-state index contributed by atoms with van der Waals surface area (Å²) in [7, 11) is -4.70. The first kappa shape index (κ1) is 19.4. The molecule has 1 aliphatic carbocycles. The molecule has 6 N–H and O–H groups in total. The predicted octanol–water partition coefficient (Wildman–Crippen LogP) is 0.717. The van der Waals surface area contributed by atoms with Gasteiger partial charge in [0.2, 0.25) is 0 Å². The zero-order chi connectivity index (χ0) is 18.7. The number of hydrogen-bond donors (Lipinski definition) is 6. The average molecular weight is 369 g/mol. The summed E-state index contributed by atoms with van der Waals surface area (Å²) < 4.78 is 11.1. The summed E-state index contributed by atoms with van der Waals surface area (Å²) in [5.41, 5.74) is 0.567. The van der Waals surface area contributed by atoms with E-state index >= 15 is 0 Å². The van der Waals surface area contributed by atoms with Gasteiger partial charge in [0.1, 0.15) is 5.75 Å². The molecule has 1 atom stereocenters. The van der Waals surface area contributed by atoms with Crippen LogP contribution in [0.1, 0.15) is 18.4 Å². The van der Waals surface area contributed by atoms with Crippen LogP contribution < -0.4 is 5.09 Å². The Labute approximate surface area is 144 Å². The van der Waals surface area contributed by atoms with Crippen LogP contribution >= 0.6 is 7.75 Å². The van der Waals surface area contributed by atoms with Gasteiger partial charge in [-0.2, -0.15) is 0 Å². The lowest BCUT2D eigenvalue weighted by Gasteiger charge is -2.33. The van der Waals surface area contributed by atoms with Gasteiger partial charge in [-0.15, -0.1) is 0 Å². The fourth-order valence-electron chi connectivity index (χ4n) is 2.68. The van der Waals surface area contributed by atoms with Crippen molar-refractivity contribution in [3.05, 3.63) is 53.8 Å². The molecule has 8 nitrogen and oxygen atoms in total. The molecule has 1 unspecified atom stereocenters. The quantitative estimate of drug-likeness (QED) is 0.304. The maximum absolute atomic E-state index is 11.4. The van der Waals surface area contributed by atoms with Crippen LogP contribution in [0.15, 0.2) is 48.2 Å². The number of carbonyl (C=O) groups is 1. The molecule has 0 saturated heterocycles. The number of phenolic OH excluding ortho intramolecular Hbond substituents is 1. The highest BCUT2D eigenvalue weighted by molar-refractivity contribution is 7.49. The Morgan fingerprint density at radius 2 is 1.96 bits per heavy atom. The lowest BCUT2D eigenvalue weighted by Crippen LogP contribution is -2.41. The molecule has 0 radical (unpaired) electrons. The second-order valence-corrected chi connectivity index (χ2v) is 7.21. The van der Waals surface area contributed by atoms with Gasteiger partial charge in [-0.3, -0.25) is 9.88 Å². The largest absolute Gasteiger partial charge is 0.508 e. The summed E-state index contributed by atoms with van der Waals surface area (Å²) in [4.78, 5) is 29.5. The zero-order valence-corrected chi connectivity index (χ0v) is 14.1. The number of phenols is 1. The summed E-state index contributed by atoms with van der Waals surface area (Å²) >= 11 is 0. The fourth-order valence-corrected chi connectivity index (χ4v) is 3.22. The van der Waals surface area contributed by atoms with Crippen LogP contribution in [0.4, 0.5) is 0 Å². The van der Waals surface area contributed by atoms with E-state index in [1.165, 1.54) is 12.1 Å². The van der Waals surface area contributed by atoms with E-state index < -0.39 is 25.2 Å². The van der Waals surface area contributed by atoms with E-state index in [2.05, 4.69) is 0 Å². The van der Waals surface area contributed by atoms with Crippen LogP contribution in [0.5, 0.6) is 5.75 Å². The van der Waals surface area contributed by atoms with Crippen molar-refractivity contribution in [3.8, 4) is 5.75 Å². The Balaban J connectivity index is 2.05. The van der Waals surface area contributed by atoms with Crippen molar-refractivity contribution in [2.45, 2.75) is 25.0 Å². The highest BCUT2D eigenvalue weighted by Gasteiger charge is 2.38. The van der Waals surface area contributed by atoms with Crippen molar-refractivity contribution in [3.63, 3.8) is 0 Å². The SMILES string of the molecule is O=C1C=CC(C(O)(O)CCCc2cccc(O)c2)C(NP(=O)(O)O)=C1. The average Bonchev–Trinajstić information content (AvgIpc) is 2.45. The molecular formula is C16H20NO7P. The van der Waals surface area contributed by atoms with Gasteiger partial charge in [-0.05, 0) is 36.6 Å². The number of aliphatic hydroxyl groups is 2. The molecule has 9 heteroatoms. The smallest absolute Gasteiger partial charge is 0.427 e. The van der Waals surface area contributed by atoms with Crippen LogP contribution in [0.25, 0.3) is 0 Å². The van der Waals surface area contributed by atoms with Gasteiger partial charge in [0, 0.05) is 18.2 Å². The molecule has 0 heterocycles. The third-order valence-electron chi connectivity index (χ3n) is 3.78. The monoisotopic (exact) mass is 369 g/mol. The molecule has 2 rings (SSSR count). The minimum Gasteiger partial charge on any atom is -0.508 e. The van der Waals surface area contributed by atoms with E-state index in [1.54, 1.807) is 18.2 Å². The Kier molecular flexibility index (Phi) is 5.82. The standard InChI is InChI=1S/C16H20NO7P/c18-12-5-1-3-11(9-12)4-2-8-16(20,21)14-7-6-13(19)10-15(14)17-25(22,23)24/h1,3,5-7,9-10,14,18,20-21H,2,4,8H2,(H3,17,22,23,24). The summed E-state index contributed by atoms with van der Waals surface area (Å²) in [5.74, 6) is -3.88. The molecule has 136 valence electrons. The van der Waals surface area contributed by atoms with E-state index in [1.807, 2.05) is 5.09 Å². The Morgan fingerprint density at radius 1 is 1.24 bits per heavy atom. The second kappa shape index (κ2) is 7.51. The molecule has 1 aromatic rings. The Morgan fingerprint density at radius 3 is 2.60 bits per heavy atom. The second-order valence-electron chi connectivity index (χ2n) is 5.90.